The summed E-state index contributed by atoms with van der Waals surface area (Å²) >= 11 is 0. The van der Waals surface area contributed by atoms with Crippen molar-refractivity contribution in [2.45, 2.75) is 24.8 Å². The summed E-state index contributed by atoms with van der Waals surface area (Å²) in [5, 5.41) is 7.74. The fourth-order valence-electron chi connectivity index (χ4n) is 4.36. The van der Waals surface area contributed by atoms with Gasteiger partial charge in [0.15, 0.2) is 5.78 Å². The molecule has 1 aliphatic carbocycles. The van der Waals surface area contributed by atoms with E-state index in [4.69, 9.17) is 9.47 Å². The van der Waals surface area contributed by atoms with Crippen LogP contribution in [0, 0.1) is 0 Å². The molecule has 7 heteroatoms. The maximum Gasteiger partial charge on any atom is 0.226 e. The largest absolute Gasteiger partial charge is 0.497 e. The van der Waals surface area contributed by atoms with Gasteiger partial charge in [-0.3, -0.25) is 4.79 Å². The van der Waals surface area contributed by atoms with Crippen molar-refractivity contribution in [3.63, 3.8) is 0 Å². The molecule has 152 valence electrons. The lowest BCUT2D eigenvalue weighted by Gasteiger charge is -2.35. The van der Waals surface area contributed by atoms with Gasteiger partial charge in [-0.1, -0.05) is 24.3 Å². The molecule has 30 heavy (non-hydrogen) atoms. The van der Waals surface area contributed by atoms with E-state index in [0.717, 1.165) is 40.3 Å². The second kappa shape index (κ2) is 7.33. The first-order valence-electron chi connectivity index (χ1n) is 9.88. The van der Waals surface area contributed by atoms with Gasteiger partial charge < -0.3 is 14.8 Å². The second-order valence-electron chi connectivity index (χ2n) is 7.52. The number of rotatable bonds is 4. The third kappa shape index (κ3) is 3.03. The van der Waals surface area contributed by atoms with Crippen molar-refractivity contribution in [2.75, 3.05) is 19.5 Å². The van der Waals surface area contributed by atoms with Gasteiger partial charge in [-0.15, -0.1) is 0 Å². The molecule has 3 aromatic rings. The molecular formula is C23H22N4O3. The Morgan fingerprint density at radius 3 is 2.20 bits per heavy atom. The van der Waals surface area contributed by atoms with E-state index in [0.29, 0.717) is 12.4 Å². The fourth-order valence-corrected chi connectivity index (χ4v) is 4.36. The van der Waals surface area contributed by atoms with Gasteiger partial charge in [0.2, 0.25) is 5.95 Å². The number of nitrogens with one attached hydrogen (secondary N) is 1. The fraction of sp³-hybridized carbons (Fsp3) is 0.261. The molecule has 0 spiro atoms. The van der Waals surface area contributed by atoms with Crippen LogP contribution in [0.3, 0.4) is 0 Å². The first kappa shape index (κ1) is 18.4. The zero-order valence-corrected chi connectivity index (χ0v) is 16.8. The quantitative estimate of drug-likeness (QED) is 0.717. The smallest absolute Gasteiger partial charge is 0.226 e. The molecule has 5 rings (SSSR count). The molecule has 0 bridgehead atoms. The van der Waals surface area contributed by atoms with Crippen LogP contribution in [0.25, 0.3) is 0 Å². The summed E-state index contributed by atoms with van der Waals surface area (Å²) in [5.41, 5.74) is 3.80. The Balaban J connectivity index is 1.54. The molecule has 0 saturated carbocycles. The van der Waals surface area contributed by atoms with E-state index >= 15 is 0 Å². The number of hydrogen-bond donors (Lipinski definition) is 1. The van der Waals surface area contributed by atoms with Crippen molar-refractivity contribution >= 4 is 11.7 Å². The van der Waals surface area contributed by atoms with E-state index in [2.05, 4.69) is 15.4 Å². The normalized spacial score (nSPS) is 20.3. The SMILES string of the molecule is COc1ccc([C@@H]2CC(=O)C3=C(C2)Nc2ncnn2[C@@H]3c2ccc(OC)cc2)cc1. The number of benzene rings is 2. The Bertz CT molecular complexity index is 1120. The van der Waals surface area contributed by atoms with Crippen LogP contribution in [0.2, 0.25) is 0 Å². The lowest BCUT2D eigenvalue weighted by atomic mass is 9.78. The predicted molar refractivity (Wildman–Crippen MR) is 112 cm³/mol. The number of nitrogens with zero attached hydrogens (tertiary/aromatic N) is 3. The van der Waals surface area contributed by atoms with Gasteiger partial charge >= 0.3 is 0 Å². The van der Waals surface area contributed by atoms with E-state index in [1.165, 1.54) is 6.33 Å². The molecule has 0 amide bonds. The highest BCUT2D eigenvalue weighted by Crippen LogP contribution is 2.44. The number of ketones is 1. The van der Waals surface area contributed by atoms with Crippen molar-refractivity contribution in [3.05, 3.63) is 77.3 Å². The van der Waals surface area contributed by atoms with Crippen LogP contribution in [-0.2, 0) is 4.79 Å². The van der Waals surface area contributed by atoms with E-state index in [1.807, 2.05) is 48.5 Å². The molecule has 1 aliphatic heterocycles. The van der Waals surface area contributed by atoms with Gasteiger partial charge in [0.05, 0.1) is 14.2 Å². The van der Waals surface area contributed by atoms with Gasteiger partial charge in [0.1, 0.15) is 23.9 Å². The monoisotopic (exact) mass is 402 g/mol. The molecule has 2 atom stereocenters. The third-order valence-corrected chi connectivity index (χ3v) is 5.88. The van der Waals surface area contributed by atoms with Crippen molar-refractivity contribution in [2.24, 2.45) is 0 Å². The predicted octanol–water partition coefficient (Wildman–Crippen LogP) is 3.71. The molecule has 0 unspecified atom stereocenters. The third-order valence-electron chi connectivity index (χ3n) is 5.88. The van der Waals surface area contributed by atoms with Crippen molar-refractivity contribution in [1.82, 2.24) is 14.8 Å². The highest BCUT2D eigenvalue weighted by molar-refractivity contribution is 6.00. The molecular weight excluding hydrogens is 380 g/mol. The molecule has 0 radical (unpaired) electrons. The number of hydrogen-bond acceptors (Lipinski definition) is 6. The minimum atomic E-state index is -0.297. The molecule has 2 aromatic carbocycles. The van der Waals surface area contributed by atoms with E-state index in [9.17, 15) is 4.79 Å². The number of allylic oxidation sites excluding steroid dienone is 2. The number of carbonyl (C=O) groups is 1. The first-order chi connectivity index (χ1) is 14.7. The van der Waals surface area contributed by atoms with Crippen molar-refractivity contribution in [1.29, 1.82) is 0 Å². The first-order valence-corrected chi connectivity index (χ1v) is 9.88. The van der Waals surface area contributed by atoms with Crippen molar-refractivity contribution < 1.29 is 14.3 Å². The maximum absolute atomic E-state index is 13.4. The Hall–Kier alpha value is -3.61. The zero-order valence-electron chi connectivity index (χ0n) is 16.8. The summed E-state index contributed by atoms with van der Waals surface area (Å²) in [7, 11) is 3.29. The lowest BCUT2D eigenvalue weighted by molar-refractivity contribution is -0.116. The molecule has 7 nitrogen and oxygen atoms in total. The summed E-state index contributed by atoms with van der Waals surface area (Å²) in [4.78, 5) is 17.7. The highest BCUT2D eigenvalue weighted by Gasteiger charge is 2.39. The lowest BCUT2D eigenvalue weighted by Crippen LogP contribution is -2.33. The zero-order chi connectivity index (χ0) is 20.7. The number of methoxy groups -OCH3 is 2. The van der Waals surface area contributed by atoms with Gasteiger partial charge in [-0.2, -0.15) is 10.1 Å². The average molecular weight is 402 g/mol. The summed E-state index contributed by atoms with van der Waals surface area (Å²) in [6.45, 7) is 0. The molecule has 1 N–H and O–H groups in total. The summed E-state index contributed by atoms with van der Waals surface area (Å²) in [6.07, 6.45) is 2.72. The number of aromatic nitrogens is 3. The minimum absolute atomic E-state index is 0.112. The topological polar surface area (TPSA) is 78.3 Å². The van der Waals surface area contributed by atoms with Gasteiger partial charge in [-0.25, -0.2) is 4.68 Å². The van der Waals surface area contributed by atoms with Gasteiger partial charge in [0, 0.05) is 17.7 Å². The highest BCUT2D eigenvalue weighted by atomic mass is 16.5. The van der Waals surface area contributed by atoms with Crippen LogP contribution in [0.5, 0.6) is 11.5 Å². The van der Waals surface area contributed by atoms with E-state index in [-0.39, 0.29) is 17.7 Å². The molecule has 0 fully saturated rings. The van der Waals surface area contributed by atoms with Crippen LogP contribution in [-0.4, -0.2) is 34.8 Å². The second-order valence-corrected chi connectivity index (χ2v) is 7.52. The summed E-state index contributed by atoms with van der Waals surface area (Å²) in [6, 6.07) is 15.4. The standard InChI is InChI=1S/C23H22N4O3/c1-29-17-7-3-14(4-8-17)16-11-19-21(20(28)12-16)22(27-23(26-19)24-13-25-27)15-5-9-18(30-2)10-6-15/h3-10,13,16,22H,11-12H2,1-2H3,(H,24,25,26)/t16-,22+/m0/s1. The van der Waals surface area contributed by atoms with Crippen molar-refractivity contribution in [3.8, 4) is 11.5 Å². The Labute approximate surface area is 174 Å². The molecule has 1 aromatic heterocycles. The number of ether oxygens (including phenoxy) is 2. The van der Waals surface area contributed by atoms with Gasteiger partial charge in [0.25, 0.3) is 0 Å². The molecule has 2 aliphatic rings. The Morgan fingerprint density at radius 1 is 0.933 bits per heavy atom. The number of anilines is 1. The van der Waals surface area contributed by atoms with Crippen LogP contribution < -0.4 is 14.8 Å². The van der Waals surface area contributed by atoms with Crippen LogP contribution in [0.15, 0.2) is 66.1 Å². The Morgan fingerprint density at radius 2 is 1.57 bits per heavy atom. The summed E-state index contributed by atoms with van der Waals surface area (Å²) in [5.74, 6) is 2.48. The minimum Gasteiger partial charge on any atom is -0.497 e. The number of carbonyl (C=O) groups excluding carboxylic acids is 1. The van der Waals surface area contributed by atoms with Gasteiger partial charge in [-0.05, 0) is 47.7 Å². The van der Waals surface area contributed by atoms with Crippen LogP contribution in [0.1, 0.15) is 35.9 Å². The average Bonchev–Trinajstić information content (AvgIpc) is 3.26. The van der Waals surface area contributed by atoms with E-state index < -0.39 is 0 Å². The van der Waals surface area contributed by atoms with E-state index in [1.54, 1.807) is 18.9 Å². The summed E-state index contributed by atoms with van der Waals surface area (Å²) < 4.78 is 12.3. The Kier molecular flexibility index (Phi) is 4.50. The number of Topliss-reactive ketones (excluding diaryl/α,β-unsaturated/α-hetero) is 1. The maximum atomic E-state index is 13.4. The van der Waals surface area contributed by atoms with Crippen LogP contribution >= 0.6 is 0 Å². The number of fused-ring (bicyclic) bond motifs is 1. The van der Waals surface area contributed by atoms with Crippen LogP contribution in [0.4, 0.5) is 5.95 Å². The molecule has 0 saturated heterocycles. The molecule has 2 heterocycles.